The highest BCUT2D eigenvalue weighted by Gasteiger charge is 2.26. The first-order chi connectivity index (χ1) is 11.2. The zero-order chi connectivity index (χ0) is 16.2. The maximum atomic E-state index is 12.4. The summed E-state index contributed by atoms with van der Waals surface area (Å²) in [5.74, 6) is 0.843. The highest BCUT2D eigenvalue weighted by atomic mass is 16.3. The Labute approximate surface area is 134 Å². The molecule has 3 rings (SSSR count). The predicted octanol–water partition coefficient (Wildman–Crippen LogP) is 1.46. The van der Waals surface area contributed by atoms with E-state index in [1.165, 1.54) is 12.7 Å². The second-order valence-corrected chi connectivity index (χ2v) is 5.49. The first kappa shape index (κ1) is 15.3. The quantitative estimate of drug-likeness (QED) is 0.803. The van der Waals surface area contributed by atoms with Crippen LogP contribution in [-0.4, -0.2) is 38.8 Å². The Morgan fingerprint density at radius 1 is 1.48 bits per heavy atom. The Hall–Kier alpha value is -2.64. The summed E-state index contributed by atoms with van der Waals surface area (Å²) in [7, 11) is 0. The van der Waals surface area contributed by atoms with Crippen LogP contribution < -0.4 is 11.1 Å². The predicted molar refractivity (Wildman–Crippen MR) is 84.8 cm³/mol. The number of hydrogen-bond acceptors (Lipinski definition) is 7. The fourth-order valence-electron chi connectivity index (χ4n) is 2.63. The molecule has 0 aromatic carbocycles. The number of unbranched alkanes of at least 4 members (excludes halogenated alkanes) is 1. The van der Waals surface area contributed by atoms with E-state index in [0.29, 0.717) is 25.2 Å². The molecule has 0 aliphatic carbocycles. The van der Waals surface area contributed by atoms with Gasteiger partial charge in [-0.05, 0) is 12.8 Å². The molecule has 2 aromatic rings. The lowest BCUT2D eigenvalue weighted by atomic mass is 10.0. The normalized spacial score (nSPS) is 13.7. The number of hydrogen-bond donors (Lipinski definition) is 2. The summed E-state index contributed by atoms with van der Waals surface area (Å²) in [4.78, 5) is 26.6. The van der Waals surface area contributed by atoms with E-state index in [0.717, 1.165) is 36.5 Å². The van der Waals surface area contributed by atoms with Gasteiger partial charge in [0.1, 0.15) is 12.1 Å². The van der Waals surface area contributed by atoms with Gasteiger partial charge in [0.2, 0.25) is 5.95 Å². The Morgan fingerprint density at radius 3 is 3.09 bits per heavy atom. The van der Waals surface area contributed by atoms with E-state index >= 15 is 0 Å². The fourth-order valence-corrected chi connectivity index (χ4v) is 2.63. The van der Waals surface area contributed by atoms with Gasteiger partial charge >= 0.3 is 0 Å². The topological polar surface area (TPSA) is 110 Å². The molecule has 2 aromatic heterocycles. The van der Waals surface area contributed by atoms with Gasteiger partial charge in [-0.25, -0.2) is 9.97 Å². The van der Waals surface area contributed by atoms with E-state index in [9.17, 15) is 4.79 Å². The molecule has 0 spiro atoms. The van der Waals surface area contributed by atoms with Gasteiger partial charge in [0.15, 0.2) is 12.1 Å². The number of aromatic nitrogens is 3. The summed E-state index contributed by atoms with van der Waals surface area (Å²) in [6.07, 6.45) is 5.46. The van der Waals surface area contributed by atoms with E-state index < -0.39 is 0 Å². The number of anilines is 2. The van der Waals surface area contributed by atoms with Crippen LogP contribution in [0.15, 0.2) is 17.1 Å². The van der Waals surface area contributed by atoms with Crippen LogP contribution in [0.3, 0.4) is 0 Å². The molecule has 1 aliphatic heterocycles. The molecular weight excluding hydrogens is 296 g/mol. The third-order valence-electron chi connectivity index (χ3n) is 3.84. The van der Waals surface area contributed by atoms with Crippen molar-refractivity contribution in [2.45, 2.75) is 32.7 Å². The zero-order valence-electron chi connectivity index (χ0n) is 13.1. The number of nitrogens with one attached hydrogen (secondary N) is 1. The molecule has 0 bridgehead atoms. The van der Waals surface area contributed by atoms with Crippen molar-refractivity contribution in [2.75, 3.05) is 24.1 Å². The molecule has 3 N–H and O–H groups in total. The fraction of sp³-hybridized carbons (Fsp3) is 0.467. The molecule has 1 amide bonds. The largest absolute Gasteiger partial charge is 0.451 e. The van der Waals surface area contributed by atoms with Gasteiger partial charge in [-0.15, -0.1) is 0 Å². The van der Waals surface area contributed by atoms with Crippen LogP contribution in [0.1, 0.15) is 41.5 Å². The number of amides is 1. The summed E-state index contributed by atoms with van der Waals surface area (Å²) in [5, 5.41) is 3.32. The molecule has 0 saturated carbocycles. The zero-order valence-corrected chi connectivity index (χ0v) is 13.1. The van der Waals surface area contributed by atoms with E-state index in [2.05, 4.69) is 27.2 Å². The first-order valence-electron chi connectivity index (χ1n) is 7.75. The van der Waals surface area contributed by atoms with Crippen LogP contribution in [0.4, 0.5) is 11.8 Å². The summed E-state index contributed by atoms with van der Waals surface area (Å²) < 4.78 is 4.87. The molecular formula is C15H20N6O2. The van der Waals surface area contributed by atoms with E-state index in [-0.39, 0.29) is 11.9 Å². The lowest BCUT2D eigenvalue weighted by Gasteiger charge is -2.28. The molecule has 3 heterocycles. The van der Waals surface area contributed by atoms with E-state index in [4.69, 9.17) is 10.2 Å². The Balaban J connectivity index is 1.79. The number of rotatable bonds is 5. The number of carbonyl (C=O) groups excluding carboxylic acids is 1. The van der Waals surface area contributed by atoms with Crippen LogP contribution in [0.5, 0.6) is 0 Å². The molecule has 0 fully saturated rings. The van der Waals surface area contributed by atoms with Crippen LogP contribution in [0, 0.1) is 0 Å². The molecule has 1 aliphatic rings. The van der Waals surface area contributed by atoms with Gasteiger partial charge in [0.25, 0.3) is 5.91 Å². The first-order valence-corrected chi connectivity index (χ1v) is 7.75. The number of oxazole rings is 1. The summed E-state index contributed by atoms with van der Waals surface area (Å²) in [5.41, 5.74) is 7.95. The minimum Gasteiger partial charge on any atom is -0.451 e. The second-order valence-electron chi connectivity index (χ2n) is 5.49. The Morgan fingerprint density at radius 2 is 2.35 bits per heavy atom. The Bertz CT molecular complexity index is 686. The van der Waals surface area contributed by atoms with E-state index in [1.54, 1.807) is 4.90 Å². The van der Waals surface area contributed by atoms with Crippen LogP contribution in [0.2, 0.25) is 0 Å². The molecule has 23 heavy (non-hydrogen) atoms. The second kappa shape index (κ2) is 6.64. The SMILES string of the molecule is CCCCNc1nc(N)nc2c1CCN(C(=O)c1cocn1)C2. The van der Waals surface area contributed by atoms with Crippen LogP contribution in [-0.2, 0) is 13.0 Å². The van der Waals surface area contributed by atoms with Gasteiger partial charge < -0.3 is 20.4 Å². The molecule has 0 radical (unpaired) electrons. The van der Waals surface area contributed by atoms with Crippen molar-refractivity contribution in [1.82, 2.24) is 19.9 Å². The number of carbonyl (C=O) groups is 1. The van der Waals surface area contributed by atoms with Crippen LogP contribution >= 0.6 is 0 Å². The van der Waals surface area contributed by atoms with Crippen molar-refractivity contribution in [1.29, 1.82) is 0 Å². The number of nitrogens with two attached hydrogens (primary N) is 1. The molecule has 0 unspecified atom stereocenters. The van der Waals surface area contributed by atoms with Gasteiger partial charge in [-0.1, -0.05) is 13.3 Å². The van der Waals surface area contributed by atoms with Crippen molar-refractivity contribution in [3.05, 3.63) is 29.6 Å². The van der Waals surface area contributed by atoms with Gasteiger partial charge in [0, 0.05) is 18.7 Å². The van der Waals surface area contributed by atoms with Gasteiger partial charge in [-0.3, -0.25) is 4.79 Å². The summed E-state index contributed by atoms with van der Waals surface area (Å²) in [6, 6.07) is 0. The molecule has 122 valence electrons. The third-order valence-corrected chi connectivity index (χ3v) is 3.84. The maximum Gasteiger partial charge on any atom is 0.276 e. The highest BCUT2D eigenvalue weighted by Crippen LogP contribution is 2.25. The minimum atomic E-state index is -0.165. The minimum absolute atomic E-state index is 0.165. The lowest BCUT2D eigenvalue weighted by molar-refractivity contribution is 0.0726. The summed E-state index contributed by atoms with van der Waals surface area (Å²) in [6.45, 7) is 3.98. The molecule has 8 heteroatoms. The van der Waals surface area contributed by atoms with Crippen LogP contribution in [0.25, 0.3) is 0 Å². The lowest BCUT2D eigenvalue weighted by Crippen LogP contribution is -2.37. The summed E-state index contributed by atoms with van der Waals surface area (Å²) >= 11 is 0. The van der Waals surface area contributed by atoms with Gasteiger partial charge in [0.05, 0.1) is 12.2 Å². The maximum absolute atomic E-state index is 12.4. The number of fused-ring (bicyclic) bond motifs is 1. The Kier molecular flexibility index (Phi) is 4.40. The average molecular weight is 316 g/mol. The third kappa shape index (κ3) is 3.25. The standard InChI is InChI=1S/C15H20N6O2/c1-2-3-5-17-13-10-4-6-21(7-11(10)19-15(16)20-13)14(22)12-8-23-9-18-12/h8-9H,2-7H2,1H3,(H3,16,17,19,20). The molecule has 8 nitrogen and oxygen atoms in total. The van der Waals surface area contributed by atoms with Crippen molar-refractivity contribution in [3.63, 3.8) is 0 Å². The highest BCUT2D eigenvalue weighted by molar-refractivity contribution is 5.92. The van der Waals surface area contributed by atoms with E-state index in [1.807, 2.05) is 0 Å². The van der Waals surface area contributed by atoms with Crippen molar-refractivity contribution >= 4 is 17.7 Å². The number of nitrogen functional groups attached to an aromatic ring is 1. The van der Waals surface area contributed by atoms with Gasteiger partial charge in [-0.2, -0.15) is 4.98 Å². The number of nitrogens with zero attached hydrogens (tertiary/aromatic N) is 4. The smallest absolute Gasteiger partial charge is 0.276 e. The van der Waals surface area contributed by atoms with Crippen molar-refractivity contribution < 1.29 is 9.21 Å². The average Bonchev–Trinajstić information content (AvgIpc) is 3.08. The van der Waals surface area contributed by atoms with Crippen molar-refractivity contribution in [3.8, 4) is 0 Å². The molecule has 0 saturated heterocycles. The van der Waals surface area contributed by atoms with Crippen molar-refractivity contribution in [2.24, 2.45) is 0 Å². The molecule has 0 atom stereocenters. The monoisotopic (exact) mass is 316 g/mol.